The van der Waals surface area contributed by atoms with Crippen LogP contribution >= 0.6 is 0 Å². The Balaban J connectivity index is 2.01. The van der Waals surface area contributed by atoms with Crippen LogP contribution in [0, 0.1) is 0 Å². The van der Waals surface area contributed by atoms with Gasteiger partial charge in [0.25, 0.3) is 5.91 Å². The van der Waals surface area contributed by atoms with Gasteiger partial charge in [-0.25, -0.2) is 4.98 Å². The minimum atomic E-state index is -1.26. The number of para-hydroxylation sites is 2. The van der Waals surface area contributed by atoms with Crippen molar-refractivity contribution < 1.29 is 19.2 Å². The zero-order valence-electron chi connectivity index (χ0n) is 15.3. The van der Waals surface area contributed by atoms with Crippen molar-refractivity contribution in [2.45, 2.75) is 12.5 Å². The van der Waals surface area contributed by atoms with Crippen LogP contribution in [0.1, 0.15) is 16.8 Å². The number of amides is 4. The molecule has 0 bridgehead atoms. The average molecular weight is 393 g/mol. The summed E-state index contributed by atoms with van der Waals surface area (Å²) in [5.41, 5.74) is 11.8. The molecule has 9 heteroatoms. The van der Waals surface area contributed by atoms with Crippen LogP contribution < -0.4 is 22.1 Å². The normalized spacial score (nSPS) is 11.7. The van der Waals surface area contributed by atoms with Crippen molar-refractivity contribution in [3.8, 4) is 0 Å². The number of hydrogen-bond donors (Lipinski definition) is 4. The Morgan fingerprint density at radius 3 is 1.93 bits per heavy atom. The summed E-state index contributed by atoms with van der Waals surface area (Å²) in [5.74, 6) is -2.85. The van der Waals surface area contributed by atoms with E-state index < -0.39 is 42.6 Å². The molecular weight excluding hydrogens is 374 g/mol. The Morgan fingerprint density at radius 1 is 0.862 bits per heavy atom. The van der Waals surface area contributed by atoms with Crippen LogP contribution in [-0.2, 0) is 14.4 Å². The third kappa shape index (κ3) is 4.46. The summed E-state index contributed by atoms with van der Waals surface area (Å²) in [4.78, 5) is 52.3. The van der Waals surface area contributed by atoms with Crippen molar-refractivity contribution in [2.24, 2.45) is 11.5 Å². The fraction of sp³-hybridized carbons (Fsp3) is 0.150. The molecule has 29 heavy (non-hydrogen) atoms. The predicted octanol–water partition coefficient (Wildman–Crippen LogP) is -0.0367. The number of carbonyl (C=O) groups is 4. The van der Waals surface area contributed by atoms with Gasteiger partial charge in [-0.2, -0.15) is 0 Å². The highest BCUT2D eigenvalue weighted by Gasteiger charge is 2.25. The zero-order chi connectivity index (χ0) is 21.0. The number of hydrogen-bond acceptors (Lipinski definition) is 5. The summed E-state index contributed by atoms with van der Waals surface area (Å²) in [6, 6.07) is 13.0. The molecule has 0 aliphatic carbocycles. The summed E-state index contributed by atoms with van der Waals surface area (Å²) in [5, 5.41) is 6.00. The highest BCUT2D eigenvalue weighted by atomic mass is 16.2. The topological polar surface area (TPSA) is 157 Å². The fourth-order valence-corrected chi connectivity index (χ4v) is 3.02. The number of aromatic nitrogens is 1. The minimum Gasteiger partial charge on any atom is -0.370 e. The Bertz CT molecular complexity index is 1070. The van der Waals surface area contributed by atoms with Gasteiger partial charge in [-0.15, -0.1) is 0 Å². The van der Waals surface area contributed by atoms with E-state index in [-0.39, 0.29) is 0 Å². The van der Waals surface area contributed by atoms with Gasteiger partial charge in [-0.05, 0) is 12.1 Å². The number of rotatable bonds is 7. The lowest BCUT2D eigenvalue weighted by Crippen LogP contribution is -2.50. The van der Waals surface area contributed by atoms with Gasteiger partial charge in [0.1, 0.15) is 6.04 Å². The van der Waals surface area contributed by atoms with Gasteiger partial charge in [0, 0.05) is 10.8 Å². The molecule has 0 saturated heterocycles. The van der Waals surface area contributed by atoms with Crippen LogP contribution in [0.25, 0.3) is 21.8 Å². The van der Waals surface area contributed by atoms with Gasteiger partial charge in [-0.1, -0.05) is 36.4 Å². The summed E-state index contributed by atoms with van der Waals surface area (Å²) >= 11 is 0. The zero-order valence-corrected chi connectivity index (χ0v) is 15.3. The molecule has 0 fully saturated rings. The van der Waals surface area contributed by atoms with Gasteiger partial charge in [0.05, 0.1) is 29.6 Å². The maximum atomic E-state index is 13.1. The second-order valence-electron chi connectivity index (χ2n) is 6.40. The van der Waals surface area contributed by atoms with Crippen LogP contribution in [-0.4, -0.2) is 41.2 Å². The Kier molecular flexibility index (Phi) is 5.68. The van der Waals surface area contributed by atoms with Crippen molar-refractivity contribution in [1.29, 1.82) is 0 Å². The van der Waals surface area contributed by atoms with E-state index in [9.17, 15) is 19.2 Å². The van der Waals surface area contributed by atoms with Crippen molar-refractivity contribution in [3.63, 3.8) is 0 Å². The SMILES string of the molecule is NC(=O)CNC(=O)[C@H](CC(N)=O)NC(=O)c1c2ccccc2nc2ccccc12. The Labute approximate surface area is 165 Å². The molecule has 148 valence electrons. The molecule has 0 radical (unpaired) electrons. The smallest absolute Gasteiger partial charge is 0.253 e. The van der Waals surface area contributed by atoms with Crippen LogP contribution in [0.3, 0.4) is 0 Å². The van der Waals surface area contributed by atoms with Crippen molar-refractivity contribution >= 4 is 45.4 Å². The number of carbonyl (C=O) groups excluding carboxylic acids is 4. The largest absolute Gasteiger partial charge is 0.370 e. The van der Waals surface area contributed by atoms with E-state index in [1.165, 1.54) is 0 Å². The molecule has 1 aromatic heterocycles. The molecule has 4 amide bonds. The van der Waals surface area contributed by atoms with E-state index in [1.807, 2.05) is 0 Å². The molecule has 2 aromatic carbocycles. The number of nitrogens with two attached hydrogens (primary N) is 2. The van der Waals surface area contributed by atoms with Crippen molar-refractivity contribution in [2.75, 3.05) is 6.54 Å². The molecule has 0 aliphatic heterocycles. The number of pyridine rings is 1. The summed E-state index contributed by atoms with van der Waals surface area (Å²) in [6.07, 6.45) is -0.433. The molecule has 9 nitrogen and oxygen atoms in total. The summed E-state index contributed by atoms with van der Waals surface area (Å²) in [7, 11) is 0. The third-order valence-electron chi connectivity index (χ3n) is 4.28. The molecule has 0 unspecified atom stereocenters. The lowest BCUT2D eigenvalue weighted by Gasteiger charge is -2.18. The van der Waals surface area contributed by atoms with Gasteiger partial charge >= 0.3 is 0 Å². The lowest BCUT2D eigenvalue weighted by atomic mass is 10.0. The van der Waals surface area contributed by atoms with E-state index in [1.54, 1.807) is 48.5 Å². The second kappa shape index (κ2) is 8.34. The molecular formula is C20H19N5O4. The highest BCUT2D eigenvalue weighted by Crippen LogP contribution is 2.26. The van der Waals surface area contributed by atoms with Crippen LogP contribution in [0.2, 0.25) is 0 Å². The van der Waals surface area contributed by atoms with Crippen LogP contribution in [0.4, 0.5) is 0 Å². The van der Waals surface area contributed by atoms with Crippen LogP contribution in [0.15, 0.2) is 48.5 Å². The number of fused-ring (bicyclic) bond motifs is 2. The number of primary amides is 2. The van der Waals surface area contributed by atoms with E-state index in [0.717, 1.165) is 0 Å². The Hall–Kier alpha value is -4.01. The third-order valence-corrected chi connectivity index (χ3v) is 4.28. The quantitative estimate of drug-likeness (QED) is 0.414. The number of nitrogens with one attached hydrogen (secondary N) is 2. The minimum absolute atomic E-state index is 0.323. The predicted molar refractivity (Wildman–Crippen MR) is 107 cm³/mol. The summed E-state index contributed by atoms with van der Waals surface area (Å²) in [6.45, 7) is -0.426. The van der Waals surface area contributed by atoms with E-state index in [2.05, 4.69) is 15.6 Å². The molecule has 6 N–H and O–H groups in total. The average Bonchev–Trinajstić information content (AvgIpc) is 2.69. The van der Waals surface area contributed by atoms with Gasteiger partial charge in [0.15, 0.2) is 0 Å². The molecule has 0 saturated carbocycles. The van der Waals surface area contributed by atoms with Crippen molar-refractivity contribution in [1.82, 2.24) is 15.6 Å². The number of benzene rings is 2. The van der Waals surface area contributed by atoms with Crippen molar-refractivity contribution in [3.05, 3.63) is 54.1 Å². The first-order chi connectivity index (χ1) is 13.9. The lowest BCUT2D eigenvalue weighted by molar-refractivity contribution is -0.128. The maximum absolute atomic E-state index is 13.1. The molecule has 0 spiro atoms. The first-order valence-electron chi connectivity index (χ1n) is 8.79. The van der Waals surface area contributed by atoms with Gasteiger partial charge in [-0.3, -0.25) is 19.2 Å². The Morgan fingerprint density at radius 2 is 1.41 bits per heavy atom. The second-order valence-corrected chi connectivity index (χ2v) is 6.40. The van der Waals surface area contributed by atoms with E-state index in [4.69, 9.17) is 11.5 Å². The molecule has 3 aromatic rings. The highest BCUT2D eigenvalue weighted by molar-refractivity contribution is 6.17. The number of nitrogens with zero attached hydrogens (tertiary/aromatic N) is 1. The molecule has 3 rings (SSSR count). The van der Waals surface area contributed by atoms with Crippen LogP contribution in [0.5, 0.6) is 0 Å². The fourth-order valence-electron chi connectivity index (χ4n) is 3.02. The maximum Gasteiger partial charge on any atom is 0.253 e. The van der Waals surface area contributed by atoms with Gasteiger partial charge in [0.2, 0.25) is 17.7 Å². The monoisotopic (exact) mass is 393 g/mol. The first-order valence-corrected chi connectivity index (χ1v) is 8.79. The first kappa shape index (κ1) is 19.7. The van der Waals surface area contributed by atoms with E-state index in [0.29, 0.717) is 27.4 Å². The van der Waals surface area contributed by atoms with Gasteiger partial charge < -0.3 is 22.1 Å². The van der Waals surface area contributed by atoms with E-state index >= 15 is 0 Å². The summed E-state index contributed by atoms with van der Waals surface area (Å²) < 4.78 is 0. The standard InChI is InChI=1S/C20H19N5O4/c21-16(26)9-15(19(28)23-10-17(22)27)25-20(29)18-11-5-1-3-7-13(11)24-14-8-4-2-6-12(14)18/h1-8,15H,9-10H2,(H2,21,26)(H2,22,27)(H,23,28)(H,25,29)/t15-/m0/s1. The molecule has 1 atom stereocenters. The molecule has 1 heterocycles. The molecule has 0 aliphatic rings.